The normalized spacial score (nSPS) is 11.2. The third-order valence-corrected chi connectivity index (χ3v) is 1.19. The zero-order valence-electron chi connectivity index (χ0n) is 5.72. The fourth-order valence-corrected chi connectivity index (χ4v) is 0.714. The summed E-state index contributed by atoms with van der Waals surface area (Å²) in [4.78, 5) is 13.0. The van der Waals surface area contributed by atoms with E-state index in [1.54, 1.807) is 0 Å². The Labute approximate surface area is 66.0 Å². The molecule has 12 heavy (non-hydrogen) atoms. The van der Waals surface area contributed by atoms with Gasteiger partial charge in [0.05, 0.1) is 5.56 Å². The fraction of sp³-hybridized carbons (Fsp3) is 0.143. The molecule has 1 aromatic rings. The number of nitrogens with zero attached hydrogens (tertiary/aromatic N) is 1. The van der Waals surface area contributed by atoms with Crippen LogP contribution in [0, 0.1) is 0 Å². The Kier molecular flexibility index (Phi) is 2.12. The van der Waals surface area contributed by atoms with E-state index in [1.165, 1.54) is 12.4 Å². The topological polar surface area (TPSA) is 30.0 Å². The van der Waals surface area contributed by atoms with Gasteiger partial charge in [0, 0.05) is 6.20 Å². The van der Waals surface area contributed by atoms with Crippen LogP contribution in [0.25, 0.3) is 0 Å². The summed E-state index contributed by atoms with van der Waals surface area (Å²) in [6, 6.07) is 2.26. The van der Waals surface area contributed by atoms with Crippen molar-refractivity contribution in [3.8, 4) is 0 Å². The number of aromatic nitrogens is 1. The Bertz CT molecular complexity index is 295. The van der Waals surface area contributed by atoms with Gasteiger partial charge in [-0.1, -0.05) is 0 Å². The van der Waals surface area contributed by atoms with Crippen LogP contribution in [0.3, 0.4) is 0 Å². The van der Waals surface area contributed by atoms with Crippen molar-refractivity contribution in [1.82, 2.24) is 4.98 Å². The summed E-state index contributed by atoms with van der Waals surface area (Å²) in [5.41, 5.74) is -1.76. The van der Waals surface area contributed by atoms with E-state index in [9.17, 15) is 18.0 Å². The van der Waals surface area contributed by atoms with Gasteiger partial charge in [0.1, 0.15) is 0 Å². The van der Waals surface area contributed by atoms with E-state index in [2.05, 4.69) is 4.98 Å². The summed E-state index contributed by atoms with van der Waals surface area (Å²) in [6.45, 7) is 0. The van der Waals surface area contributed by atoms with Crippen LogP contribution in [0.5, 0.6) is 0 Å². The van der Waals surface area contributed by atoms with E-state index in [0.717, 1.165) is 12.3 Å². The molecule has 0 bridgehead atoms. The summed E-state index contributed by atoms with van der Waals surface area (Å²) in [6.07, 6.45) is -2.44. The lowest BCUT2D eigenvalue weighted by Gasteiger charge is -2.05. The standard InChI is InChI=1S/C7H3F3NO/c8-7(9,10)6-5(4-12)2-1-3-11-6/h1-3H. The van der Waals surface area contributed by atoms with Gasteiger partial charge in [-0.15, -0.1) is 0 Å². The van der Waals surface area contributed by atoms with Crippen molar-refractivity contribution < 1.29 is 18.0 Å². The molecule has 0 unspecified atom stereocenters. The molecule has 5 heteroatoms. The molecule has 1 heterocycles. The highest BCUT2D eigenvalue weighted by atomic mass is 19.4. The summed E-state index contributed by atoms with van der Waals surface area (Å²) in [7, 11) is 0. The second-order valence-corrected chi connectivity index (χ2v) is 2.00. The van der Waals surface area contributed by atoms with Gasteiger partial charge in [-0.2, -0.15) is 13.2 Å². The third-order valence-electron chi connectivity index (χ3n) is 1.19. The lowest BCUT2D eigenvalue weighted by Crippen LogP contribution is -2.11. The Hall–Kier alpha value is -1.39. The predicted octanol–water partition coefficient (Wildman–Crippen LogP) is 1.56. The third kappa shape index (κ3) is 1.61. The van der Waals surface area contributed by atoms with Gasteiger partial charge in [0.2, 0.25) is 6.29 Å². The maximum Gasteiger partial charge on any atom is 0.434 e. The molecule has 2 nitrogen and oxygen atoms in total. The largest absolute Gasteiger partial charge is 0.434 e. The number of alkyl halides is 3. The van der Waals surface area contributed by atoms with Crippen LogP contribution < -0.4 is 0 Å². The maximum absolute atomic E-state index is 12.0. The van der Waals surface area contributed by atoms with Crippen molar-refractivity contribution >= 4 is 6.29 Å². The molecule has 0 aliphatic carbocycles. The van der Waals surface area contributed by atoms with E-state index in [1.807, 2.05) is 0 Å². The maximum atomic E-state index is 12.0. The Morgan fingerprint density at radius 2 is 2.08 bits per heavy atom. The molecule has 1 radical (unpaired) electrons. The minimum absolute atomic E-state index is 0.565. The van der Waals surface area contributed by atoms with Gasteiger partial charge in [-0.25, -0.2) is 0 Å². The van der Waals surface area contributed by atoms with E-state index < -0.39 is 17.4 Å². The lowest BCUT2D eigenvalue weighted by atomic mass is 10.2. The molecule has 0 N–H and O–H groups in total. The summed E-state index contributed by atoms with van der Waals surface area (Å²) in [5.74, 6) is 0. The average Bonchev–Trinajstić information content (AvgIpc) is 2.03. The molecule has 0 aromatic carbocycles. The zero-order chi connectivity index (χ0) is 9.19. The van der Waals surface area contributed by atoms with Crippen molar-refractivity contribution in [2.45, 2.75) is 6.18 Å². The molecule has 1 rings (SSSR count). The number of carbonyl (C=O) groups excluding carboxylic acids is 1. The van der Waals surface area contributed by atoms with Gasteiger partial charge in [-0.05, 0) is 12.1 Å². The van der Waals surface area contributed by atoms with Crippen molar-refractivity contribution in [2.75, 3.05) is 0 Å². The van der Waals surface area contributed by atoms with E-state index >= 15 is 0 Å². The molecule has 0 saturated carbocycles. The first-order chi connectivity index (χ1) is 5.55. The van der Waals surface area contributed by atoms with Gasteiger partial charge >= 0.3 is 6.18 Å². The summed E-state index contributed by atoms with van der Waals surface area (Å²) in [5, 5.41) is 0. The van der Waals surface area contributed by atoms with Crippen LogP contribution in [0.15, 0.2) is 18.3 Å². The Balaban J connectivity index is 3.23. The first-order valence-corrected chi connectivity index (χ1v) is 2.96. The van der Waals surface area contributed by atoms with Crippen molar-refractivity contribution in [2.24, 2.45) is 0 Å². The molecule has 0 aliphatic heterocycles. The number of pyridine rings is 1. The molecule has 1 aromatic heterocycles. The number of halogens is 3. The van der Waals surface area contributed by atoms with Crippen molar-refractivity contribution in [3.05, 3.63) is 29.6 Å². The average molecular weight is 174 g/mol. The highest BCUT2D eigenvalue weighted by Gasteiger charge is 2.35. The smallest absolute Gasteiger partial charge is 0.285 e. The molecule has 0 saturated heterocycles. The van der Waals surface area contributed by atoms with Crippen LogP contribution in [0.2, 0.25) is 0 Å². The molecule has 0 atom stereocenters. The summed E-state index contributed by atoms with van der Waals surface area (Å²) >= 11 is 0. The van der Waals surface area contributed by atoms with E-state index in [-0.39, 0.29) is 0 Å². The van der Waals surface area contributed by atoms with Gasteiger partial charge in [0.25, 0.3) is 0 Å². The minimum atomic E-state index is -4.59. The van der Waals surface area contributed by atoms with Crippen LogP contribution in [0.1, 0.15) is 11.3 Å². The predicted molar refractivity (Wildman–Crippen MR) is 34.0 cm³/mol. The van der Waals surface area contributed by atoms with Crippen LogP contribution in [-0.4, -0.2) is 11.3 Å². The lowest BCUT2D eigenvalue weighted by molar-refractivity contribution is -0.141. The van der Waals surface area contributed by atoms with Crippen LogP contribution in [-0.2, 0) is 11.0 Å². The molecular formula is C7H3F3NO. The van der Waals surface area contributed by atoms with E-state index in [0.29, 0.717) is 0 Å². The molecule has 0 amide bonds. The second kappa shape index (κ2) is 2.92. The summed E-state index contributed by atoms with van der Waals surface area (Å²) < 4.78 is 36.0. The SMILES string of the molecule is O=[C]c1cccnc1C(F)(F)F. The number of rotatable bonds is 1. The van der Waals surface area contributed by atoms with Crippen LogP contribution in [0.4, 0.5) is 13.2 Å². The van der Waals surface area contributed by atoms with Gasteiger partial charge < -0.3 is 0 Å². The quantitative estimate of drug-likeness (QED) is 0.646. The Morgan fingerprint density at radius 1 is 1.42 bits per heavy atom. The van der Waals surface area contributed by atoms with Crippen molar-refractivity contribution in [3.63, 3.8) is 0 Å². The fourth-order valence-electron chi connectivity index (χ4n) is 0.714. The first-order valence-electron chi connectivity index (χ1n) is 2.96. The van der Waals surface area contributed by atoms with Gasteiger partial charge in [0.15, 0.2) is 5.69 Å². The zero-order valence-corrected chi connectivity index (χ0v) is 5.72. The second-order valence-electron chi connectivity index (χ2n) is 2.00. The first kappa shape index (κ1) is 8.70. The van der Waals surface area contributed by atoms with Gasteiger partial charge in [-0.3, -0.25) is 9.78 Å². The highest BCUT2D eigenvalue weighted by molar-refractivity contribution is 5.76. The monoisotopic (exact) mass is 174 g/mol. The van der Waals surface area contributed by atoms with E-state index in [4.69, 9.17) is 0 Å². The van der Waals surface area contributed by atoms with Crippen LogP contribution >= 0.6 is 0 Å². The number of hydrogen-bond acceptors (Lipinski definition) is 2. The molecular weight excluding hydrogens is 171 g/mol. The molecule has 0 fully saturated rings. The number of hydrogen-bond donors (Lipinski definition) is 0. The molecule has 0 aliphatic rings. The minimum Gasteiger partial charge on any atom is -0.285 e. The molecule has 63 valence electrons. The Morgan fingerprint density at radius 3 is 2.50 bits per heavy atom. The molecule has 0 spiro atoms. The van der Waals surface area contributed by atoms with Crippen molar-refractivity contribution in [1.29, 1.82) is 0 Å². The highest BCUT2D eigenvalue weighted by Crippen LogP contribution is 2.28.